The summed E-state index contributed by atoms with van der Waals surface area (Å²) in [6, 6.07) is 13.0. The molecule has 3 rings (SSSR count). The van der Waals surface area contributed by atoms with Crippen molar-refractivity contribution < 1.29 is 13.2 Å². The lowest BCUT2D eigenvalue weighted by molar-refractivity contribution is -0.119. The molecule has 0 radical (unpaired) electrons. The van der Waals surface area contributed by atoms with Gasteiger partial charge in [0.2, 0.25) is 0 Å². The Hall–Kier alpha value is -2.38. The molecule has 0 aromatic heterocycles. The number of halogens is 1. The van der Waals surface area contributed by atoms with Gasteiger partial charge in [0.05, 0.1) is 10.6 Å². The number of hydrazone groups is 1. The van der Waals surface area contributed by atoms with Crippen molar-refractivity contribution in [2.75, 3.05) is 10.8 Å². The number of amides is 1. The zero-order valence-electron chi connectivity index (χ0n) is 17.8. The Kier molecular flexibility index (Phi) is 7.73. The van der Waals surface area contributed by atoms with Gasteiger partial charge in [0.1, 0.15) is 6.54 Å². The maximum absolute atomic E-state index is 13.3. The Balaban J connectivity index is 1.82. The van der Waals surface area contributed by atoms with Crippen LogP contribution >= 0.6 is 11.6 Å². The Morgan fingerprint density at radius 1 is 1.16 bits per heavy atom. The van der Waals surface area contributed by atoms with Gasteiger partial charge in [-0.3, -0.25) is 9.10 Å². The number of nitrogens with one attached hydrogen (secondary N) is 1. The predicted molar refractivity (Wildman–Crippen MR) is 125 cm³/mol. The van der Waals surface area contributed by atoms with E-state index in [1.165, 1.54) is 12.1 Å². The maximum atomic E-state index is 13.3. The average molecular weight is 462 g/mol. The van der Waals surface area contributed by atoms with Crippen molar-refractivity contribution in [2.45, 2.75) is 50.8 Å². The van der Waals surface area contributed by atoms with E-state index in [1.807, 2.05) is 6.92 Å². The van der Waals surface area contributed by atoms with Gasteiger partial charge in [0, 0.05) is 10.7 Å². The monoisotopic (exact) mass is 461 g/mol. The van der Waals surface area contributed by atoms with Crippen LogP contribution in [-0.4, -0.2) is 26.6 Å². The van der Waals surface area contributed by atoms with E-state index in [4.69, 9.17) is 11.6 Å². The molecule has 0 spiro atoms. The Bertz CT molecular complexity index is 1040. The van der Waals surface area contributed by atoms with Gasteiger partial charge < -0.3 is 0 Å². The van der Waals surface area contributed by atoms with Crippen LogP contribution in [0.25, 0.3) is 0 Å². The first-order valence-corrected chi connectivity index (χ1v) is 12.3. The lowest BCUT2D eigenvalue weighted by Crippen LogP contribution is -2.40. The van der Waals surface area contributed by atoms with Crippen LogP contribution in [0.5, 0.6) is 0 Å². The highest BCUT2D eigenvalue weighted by Crippen LogP contribution is 2.28. The van der Waals surface area contributed by atoms with Crippen molar-refractivity contribution in [1.29, 1.82) is 0 Å². The molecule has 1 N–H and O–H groups in total. The fourth-order valence-electron chi connectivity index (χ4n) is 3.61. The van der Waals surface area contributed by atoms with Crippen LogP contribution in [0.15, 0.2) is 58.5 Å². The zero-order chi connectivity index (χ0) is 22.4. The smallest absolute Gasteiger partial charge is 0.264 e. The summed E-state index contributed by atoms with van der Waals surface area (Å²) in [5, 5.41) is 4.68. The van der Waals surface area contributed by atoms with Gasteiger partial charge in [-0.05, 0) is 68.4 Å². The number of rotatable bonds is 7. The summed E-state index contributed by atoms with van der Waals surface area (Å²) in [6.45, 7) is 3.62. The molecule has 8 heteroatoms. The van der Waals surface area contributed by atoms with E-state index in [-0.39, 0.29) is 4.90 Å². The topological polar surface area (TPSA) is 78.8 Å². The second kappa shape index (κ2) is 10.3. The predicted octanol–water partition coefficient (Wildman–Crippen LogP) is 4.92. The quantitative estimate of drug-likeness (QED) is 0.594. The van der Waals surface area contributed by atoms with Crippen molar-refractivity contribution in [1.82, 2.24) is 5.43 Å². The van der Waals surface area contributed by atoms with Gasteiger partial charge in [-0.2, -0.15) is 5.10 Å². The Labute approximate surface area is 189 Å². The Morgan fingerprint density at radius 2 is 1.84 bits per heavy atom. The third kappa shape index (κ3) is 5.86. The molecule has 1 amide bonds. The molecule has 31 heavy (non-hydrogen) atoms. The molecule has 2 aromatic carbocycles. The van der Waals surface area contributed by atoms with Gasteiger partial charge >= 0.3 is 0 Å². The van der Waals surface area contributed by atoms with Crippen LogP contribution < -0.4 is 9.73 Å². The highest BCUT2D eigenvalue weighted by molar-refractivity contribution is 7.92. The molecule has 1 saturated carbocycles. The second-order valence-corrected chi connectivity index (χ2v) is 10.1. The first-order chi connectivity index (χ1) is 14.8. The summed E-state index contributed by atoms with van der Waals surface area (Å²) in [5.41, 5.74) is 4.64. The number of aryl methyl sites for hydroxylation is 1. The average Bonchev–Trinajstić information content (AvgIpc) is 2.79. The fraction of sp³-hybridized carbons (Fsp3) is 0.391. The molecule has 0 unspecified atom stereocenters. The van der Waals surface area contributed by atoms with Crippen LogP contribution in [-0.2, 0) is 14.8 Å². The van der Waals surface area contributed by atoms with E-state index in [0.717, 1.165) is 47.7 Å². The van der Waals surface area contributed by atoms with Crippen LogP contribution in [0.2, 0.25) is 5.02 Å². The first kappa shape index (κ1) is 23.3. The summed E-state index contributed by atoms with van der Waals surface area (Å²) >= 11 is 6.23. The molecule has 6 nitrogen and oxygen atoms in total. The van der Waals surface area contributed by atoms with E-state index < -0.39 is 22.5 Å². The molecular formula is C23H28ClN3O3S. The summed E-state index contributed by atoms with van der Waals surface area (Å²) in [6.07, 6.45) is 5.02. The standard InChI is InChI=1S/C23H28ClN3O3S/c1-3-18-10-12-19(13-11-18)25-26-23(28)16-27(20-14-9-17(2)22(24)15-20)31(29,30)21-7-5-4-6-8-21/h4-9,14-15,18H,3,10-13,16H2,1-2H3,(H,26,28). The minimum atomic E-state index is -3.97. The number of anilines is 1. The van der Waals surface area contributed by atoms with Crippen molar-refractivity contribution in [3.8, 4) is 0 Å². The molecule has 1 aliphatic rings. The van der Waals surface area contributed by atoms with E-state index in [2.05, 4.69) is 17.5 Å². The molecule has 0 atom stereocenters. The molecule has 0 saturated heterocycles. The molecule has 2 aromatic rings. The number of carbonyl (C=O) groups excluding carboxylic acids is 1. The third-order valence-electron chi connectivity index (χ3n) is 5.66. The van der Waals surface area contributed by atoms with Gasteiger partial charge in [-0.1, -0.05) is 49.2 Å². The van der Waals surface area contributed by atoms with Gasteiger partial charge in [-0.25, -0.2) is 13.8 Å². The summed E-state index contributed by atoms with van der Waals surface area (Å²) in [5.74, 6) is 0.216. The molecule has 166 valence electrons. The van der Waals surface area contributed by atoms with E-state index >= 15 is 0 Å². The summed E-state index contributed by atoms with van der Waals surface area (Å²) in [7, 11) is -3.97. The molecule has 0 bridgehead atoms. The lowest BCUT2D eigenvalue weighted by Gasteiger charge is -2.24. The SMILES string of the molecule is CCC1CCC(=NNC(=O)CN(c2ccc(C)c(Cl)c2)S(=O)(=O)c2ccccc2)CC1. The zero-order valence-corrected chi connectivity index (χ0v) is 19.4. The highest BCUT2D eigenvalue weighted by Gasteiger charge is 2.27. The normalized spacial score (nSPS) is 16.6. The Morgan fingerprint density at radius 3 is 2.45 bits per heavy atom. The van der Waals surface area contributed by atoms with Crippen molar-refractivity contribution in [2.24, 2.45) is 11.0 Å². The maximum Gasteiger partial charge on any atom is 0.264 e. The second-order valence-electron chi connectivity index (χ2n) is 7.82. The summed E-state index contributed by atoms with van der Waals surface area (Å²) < 4.78 is 27.7. The number of sulfonamides is 1. The van der Waals surface area contributed by atoms with Crippen molar-refractivity contribution in [3.05, 3.63) is 59.1 Å². The van der Waals surface area contributed by atoms with E-state index in [1.54, 1.807) is 36.4 Å². The molecular weight excluding hydrogens is 434 g/mol. The molecule has 1 aliphatic carbocycles. The van der Waals surface area contributed by atoms with Crippen LogP contribution in [0.3, 0.4) is 0 Å². The number of benzene rings is 2. The molecule has 1 fully saturated rings. The molecule has 0 heterocycles. The lowest BCUT2D eigenvalue weighted by atomic mass is 9.86. The number of carbonyl (C=O) groups is 1. The van der Waals surface area contributed by atoms with E-state index in [0.29, 0.717) is 16.6 Å². The van der Waals surface area contributed by atoms with Crippen molar-refractivity contribution >= 4 is 38.9 Å². The van der Waals surface area contributed by atoms with Crippen LogP contribution in [0, 0.1) is 12.8 Å². The minimum absolute atomic E-state index is 0.101. The number of hydrogen-bond acceptors (Lipinski definition) is 4. The van der Waals surface area contributed by atoms with Gasteiger partial charge in [-0.15, -0.1) is 0 Å². The van der Waals surface area contributed by atoms with Crippen LogP contribution in [0.1, 0.15) is 44.6 Å². The van der Waals surface area contributed by atoms with Gasteiger partial charge in [0.15, 0.2) is 0 Å². The largest absolute Gasteiger partial charge is 0.271 e. The van der Waals surface area contributed by atoms with Crippen molar-refractivity contribution in [3.63, 3.8) is 0 Å². The van der Waals surface area contributed by atoms with Gasteiger partial charge in [0.25, 0.3) is 15.9 Å². The number of hydrogen-bond donors (Lipinski definition) is 1. The summed E-state index contributed by atoms with van der Waals surface area (Å²) in [4.78, 5) is 12.8. The third-order valence-corrected chi connectivity index (χ3v) is 7.86. The minimum Gasteiger partial charge on any atom is -0.271 e. The molecule has 0 aliphatic heterocycles. The fourth-order valence-corrected chi connectivity index (χ4v) is 5.22. The highest BCUT2D eigenvalue weighted by atomic mass is 35.5. The van der Waals surface area contributed by atoms with E-state index in [9.17, 15) is 13.2 Å². The first-order valence-electron chi connectivity index (χ1n) is 10.5. The van der Waals surface area contributed by atoms with Crippen LogP contribution in [0.4, 0.5) is 5.69 Å². The number of nitrogens with zero attached hydrogens (tertiary/aromatic N) is 2.